The molecule has 0 radical (unpaired) electrons. The van der Waals surface area contributed by atoms with Gasteiger partial charge in [-0.2, -0.15) is 0 Å². The van der Waals surface area contributed by atoms with Crippen LogP contribution in [0, 0.1) is 5.82 Å². The number of nitrogens with zero attached hydrogens (tertiary/aromatic N) is 2. The molecule has 3 rings (SSSR count). The van der Waals surface area contributed by atoms with Crippen LogP contribution in [-0.2, 0) is 13.0 Å². The van der Waals surface area contributed by atoms with E-state index in [1.807, 2.05) is 12.1 Å². The van der Waals surface area contributed by atoms with Crippen LogP contribution in [0.4, 0.5) is 10.1 Å². The minimum Gasteiger partial charge on any atom is -0.399 e. The molecule has 4 nitrogen and oxygen atoms in total. The van der Waals surface area contributed by atoms with Gasteiger partial charge in [-0.15, -0.1) is 0 Å². The van der Waals surface area contributed by atoms with Crippen LogP contribution in [0.2, 0.25) is 0 Å². The van der Waals surface area contributed by atoms with Crippen molar-refractivity contribution in [2.75, 3.05) is 12.3 Å². The number of benzene rings is 1. The molecule has 0 aliphatic carbocycles. The molecule has 0 bridgehead atoms. The molecule has 0 atom stereocenters. The van der Waals surface area contributed by atoms with Gasteiger partial charge in [0.05, 0.1) is 5.56 Å². The van der Waals surface area contributed by atoms with E-state index >= 15 is 0 Å². The molecular formula is C15H14FN3O. The third kappa shape index (κ3) is 2.22. The standard InChI is InChI=1S/C15H14FN3O/c16-13-8-11(17)3-4-12(13)15(20)19-7-5-14-10(9-19)2-1-6-18-14/h1-4,6,8H,5,7,9,17H2. The summed E-state index contributed by atoms with van der Waals surface area (Å²) in [5.74, 6) is -0.885. The number of nitrogen functional groups attached to an aromatic ring is 1. The molecule has 0 fully saturated rings. The minimum atomic E-state index is -0.577. The van der Waals surface area contributed by atoms with Crippen molar-refractivity contribution in [3.05, 3.63) is 59.2 Å². The van der Waals surface area contributed by atoms with Gasteiger partial charge in [0.1, 0.15) is 5.82 Å². The molecular weight excluding hydrogens is 257 g/mol. The molecule has 102 valence electrons. The van der Waals surface area contributed by atoms with Crippen molar-refractivity contribution in [2.24, 2.45) is 0 Å². The van der Waals surface area contributed by atoms with Gasteiger partial charge in [-0.3, -0.25) is 9.78 Å². The third-order valence-corrected chi connectivity index (χ3v) is 3.48. The quantitative estimate of drug-likeness (QED) is 0.807. The van der Waals surface area contributed by atoms with Gasteiger partial charge in [0, 0.05) is 37.1 Å². The lowest BCUT2D eigenvalue weighted by Gasteiger charge is -2.28. The zero-order valence-electron chi connectivity index (χ0n) is 10.8. The summed E-state index contributed by atoms with van der Waals surface area (Å²) >= 11 is 0. The molecule has 0 saturated carbocycles. The second-order valence-electron chi connectivity index (χ2n) is 4.83. The fourth-order valence-corrected chi connectivity index (χ4v) is 2.41. The van der Waals surface area contributed by atoms with E-state index in [2.05, 4.69) is 4.98 Å². The van der Waals surface area contributed by atoms with Crippen molar-refractivity contribution >= 4 is 11.6 Å². The maximum atomic E-state index is 13.8. The van der Waals surface area contributed by atoms with Gasteiger partial charge < -0.3 is 10.6 Å². The predicted octanol–water partition coefficient (Wildman–Crippen LogP) is 2.00. The van der Waals surface area contributed by atoms with Crippen molar-refractivity contribution in [1.29, 1.82) is 0 Å². The van der Waals surface area contributed by atoms with Crippen LogP contribution in [0.25, 0.3) is 0 Å². The first-order chi connectivity index (χ1) is 9.65. The van der Waals surface area contributed by atoms with Gasteiger partial charge in [-0.05, 0) is 29.8 Å². The highest BCUT2D eigenvalue weighted by Gasteiger charge is 2.24. The Balaban J connectivity index is 1.86. The fourth-order valence-electron chi connectivity index (χ4n) is 2.41. The first kappa shape index (κ1) is 12.6. The highest BCUT2D eigenvalue weighted by molar-refractivity contribution is 5.95. The highest BCUT2D eigenvalue weighted by Crippen LogP contribution is 2.20. The highest BCUT2D eigenvalue weighted by atomic mass is 19.1. The molecule has 2 heterocycles. The normalized spacial score (nSPS) is 13.9. The summed E-state index contributed by atoms with van der Waals surface area (Å²) in [5.41, 5.74) is 7.90. The monoisotopic (exact) mass is 271 g/mol. The molecule has 0 unspecified atom stereocenters. The number of halogens is 1. The van der Waals surface area contributed by atoms with E-state index in [4.69, 9.17) is 5.73 Å². The number of fused-ring (bicyclic) bond motifs is 1. The van der Waals surface area contributed by atoms with Crippen LogP contribution in [0.1, 0.15) is 21.6 Å². The first-order valence-electron chi connectivity index (χ1n) is 6.42. The predicted molar refractivity (Wildman–Crippen MR) is 73.5 cm³/mol. The van der Waals surface area contributed by atoms with Gasteiger partial charge in [-0.1, -0.05) is 6.07 Å². The average molecular weight is 271 g/mol. The zero-order valence-corrected chi connectivity index (χ0v) is 10.8. The van der Waals surface area contributed by atoms with E-state index < -0.39 is 5.82 Å². The number of pyridine rings is 1. The Hall–Kier alpha value is -2.43. The molecule has 5 heteroatoms. The van der Waals surface area contributed by atoms with E-state index in [-0.39, 0.29) is 11.5 Å². The Kier molecular flexibility index (Phi) is 3.10. The second-order valence-corrected chi connectivity index (χ2v) is 4.83. The number of amides is 1. The zero-order chi connectivity index (χ0) is 14.1. The lowest BCUT2D eigenvalue weighted by Crippen LogP contribution is -2.36. The van der Waals surface area contributed by atoms with Gasteiger partial charge in [0.2, 0.25) is 0 Å². The van der Waals surface area contributed by atoms with Gasteiger partial charge in [0.15, 0.2) is 0 Å². The summed E-state index contributed by atoms with van der Waals surface area (Å²) in [6.07, 6.45) is 2.44. The molecule has 1 aliphatic rings. The fraction of sp³-hybridized carbons (Fsp3) is 0.200. The Morgan fingerprint density at radius 2 is 2.20 bits per heavy atom. The minimum absolute atomic E-state index is 0.0616. The van der Waals surface area contributed by atoms with Crippen molar-refractivity contribution in [2.45, 2.75) is 13.0 Å². The topological polar surface area (TPSA) is 59.2 Å². The van der Waals surface area contributed by atoms with Crippen molar-refractivity contribution < 1.29 is 9.18 Å². The summed E-state index contributed by atoms with van der Waals surface area (Å²) in [5, 5.41) is 0. The molecule has 2 N–H and O–H groups in total. The lowest BCUT2D eigenvalue weighted by molar-refractivity contribution is 0.0729. The van der Waals surface area contributed by atoms with Crippen molar-refractivity contribution in [3.8, 4) is 0 Å². The van der Waals surface area contributed by atoms with E-state index in [1.165, 1.54) is 18.2 Å². The molecule has 2 aromatic rings. The maximum absolute atomic E-state index is 13.8. The van der Waals surface area contributed by atoms with Crippen molar-refractivity contribution in [1.82, 2.24) is 9.88 Å². The molecule has 0 spiro atoms. The van der Waals surface area contributed by atoms with Gasteiger partial charge >= 0.3 is 0 Å². The summed E-state index contributed by atoms with van der Waals surface area (Å²) in [7, 11) is 0. The lowest BCUT2D eigenvalue weighted by atomic mass is 10.0. The third-order valence-electron chi connectivity index (χ3n) is 3.48. The molecule has 1 aromatic heterocycles. The van der Waals surface area contributed by atoms with E-state index in [0.29, 0.717) is 25.2 Å². The van der Waals surface area contributed by atoms with Crippen LogP contribution in [0.3, 0.4) is 0 Å². The first-order valence-corrected chi connectivity index (χ1v) is 6.42. The Morgan fingerprint density at radius 3 is 3.00 bits per heavy atom. The summed E-state index contributed by atoms with van der Waals surface area (Å²) in [6, 6.07) is 7.94. The second kappa shape index (κ2) is 4.92. The molecule has 1 aliphatic heterocycles. The number of hydrogen-bond donors (Lipinski definition) is 1. The number of aromatic nitrogens is 1. The van der Waals surface area contributed by atoms with Gasteiger partial charge in [0.25, 0.3) is 5.91 Å². The van der Waals surface area contributed by atoms with E-state index in [0.717, 1.165) is 11.3 Å². The van der Waals surface area contributed by atoms with Crippen LogP contribution in [0.5, 0.6) is 0 Å². The van der Waals surface area contributed by atoms with Crippen LogP contribution < -0.4 is 5.73 Å². The molecule has 20 heavy (non-hydrogen) atoms. The van der Waals surface area contributed by atoms with Crippen LogP contribution in [0.15, 0.2) is 36.5 Å². The number of anilines is 1. The summed E-state index contributed by atoms with van der Waals surface area (Å²) in [6.45, 7) is 1.01. The Bertz CT molecular complexity index is 672. The van der Waals surface area contributed by atoms with E-state index in [1.54, 1.807) is 11.1 Å². The summed E-state index contributed by atoms with van der Waals surface area (Å²) < 4.78 is 13.8. The van der Waals surface area contributed by atoms with Crippen LogP contribution >= 0.6 is 0 Å². The van der Waals surface area contributed by atoms with Crippen molar-refractivity contribution in [3.63, 3.8) is 0 Å². The largest absolute Gasteiger partial charge is 0.399 e. The summed E-state index contributed by atoms with van der Waals surface area (Å²) in [4.78, 5) is 18.3. The molecule has 1 amide bonds. The van der Waals surface area contributed by atoms with Gasteiger partial charge in [-0.25, -0.2) is 4.39 Å². The Morgan fingerprint density at radius 1 is 1.35 bits per heavy atom. The number of hydrogen-bond acceptors (Lipinski definition) is 3. The average Bonchev–Trinajstić information content (AvgIpc) is 2.46. The number of carbonyl (C=O) groups excluding carboxylic acids is 1. The SMILES string of the molecule is Nc1ccc(C(=O)N2CCc3ncccc3C2)c(F)c1. The smallest absolute Gasteiger partial charge is 0.257 e. The number of nitrogens with two attached hydrogens (primary N) is 1. The number of carbonyl (C=O) groups is 1. The molecule has 0 saturated heterocycles. The molecule has 1 aromatic carbocycles. The number of rotatable bonds is 1. The van der Waals surface area contributed by atoms with E-state index in [9.17, 15) is 9.18 Å². The maximum Gasteiger partial charge on any atom is 0.257 e. The van der Waals surface area contributed by atoms with Crippen LogP contribution in [-0.4, -0.2) is 22.3 Å². The Labute approximate surface area is 116 Å².